The summed E-state index contributed by atoms with van der Waals surface area (Å²) in [7, 11) is 0. The number of thiophene rings is 1. The van der Waals surface area contributed by atoms with Crippen molar-refractivity contribution < 1.29 is 9.21 Å². The van der Waals surface area contributed by atoms with Gasteiger partial charge < -0.3 is 4.42 Å². The van der Waals surface area contributed by atoms with Gasteiger partial charge in [0.15, 0.2) is 11.4 Å². The highest BCUT2D eigenvalue weighted by atomic mass is 32.2. The molecule has 0 radical (unpaired) electrons. The van der Waals surface area contributed by atoms with Gasteiger partial charge in [-0.2, -0.15) is 0 Å². The van der Waals surface area contributed by atoms with Gasteiger partial charge in [-0.1, -0.05) is 18.7 Å². The van der Waals surface area contributed by atoms with Crippen LogP contribution in [0, 0.1) is 0 Å². The molecule has 6 rings (SSSR count). The minimum absolute atomic E-state index is 0.0344. The number of ketones is 1. The van der Waals surface area contributed by atoms with Gasteiger partial charge in [0, 0.05) is 47.7 Å². The normalized spacial score (nSPS) is 14.2. The third-order valence-corrected chi connectivity index (χ3v) is 9.20. The molecule has 33 heavy (non-hydrogen) atoms. The van der Waals surface area contributed by atoms with Crippen LogP contribution in [-0.4, -0.2) is 11.5 Å². The smallest absolute Gasteiger partial charge is 0.231 e. The molecule has 5 aromatic rings. The first-order valence-electron chi connectivity index (χ1n) is 10.4. The average Bonchev–Trinajstić information content (AvgIpc) is 3.15. The quantitative estimate of drug-likeness (QED) is 0.248. The molecule has 0 N–H and O–H groups in total. The van der Waals surface area contributed by atoms with Crippen molar-refractivity contribution in [3.8, 4) is 0 Å². The molecule has 4 heterocycles. The van der Waals surface area contributed by atoms with Crippen molar-refractivity contribution in [2.75, 3.05) is 5.75 Å². The fourth-order valence-corrected chi connectivity index (χ4v) is 7.64. The summed E-state index contributed by atoms with van der Waals surface area (Å²) in [6, 6.07) is 7.21. The van der Waals surface area contributed by atoms with Crippen molar-refractivity contribution in [3.63, 3.8) is 0 Å². The second-order valence-electron chi connectivity index (χ2n) is 7.82. The van der Waals surface area contributed by atoms with Crippen LogP contribution in [0.1, 0.15) is 34.1 Å². The first-order valence-corrected chi connectivity index (χ1v) is 13.0. The highest BCUT2D eigenvalue weighted by molar-refractivity contribution is 7.99. The molecular formula is C26H16O4S3. The van der Waals surface area contributed by atoms with Gasteiger partial charge in [0.2, 0.25) is 10.9 Å². The Labute approximate surface area is 199 Å². The van der Waals surface area contributed by atoms with E-state index in [1.165, 1.54) is 11.3 Å². The molecule has 0 fully saturated rings. The third kappa shape index (κ3) is 3.00. The molecule has 0 spiro atoms. The maximum absolute atomic E-state index is 13.4. The van der Waals surface area contributed by atoms with E-state index >= 15 is 0 Å². The van der Waals surface area contributed by atoms with Crippen molar-refractivity contribution in [1.82, 2.24) is 0 Å². The Morgan fingerprint density at radius 3 is 2.55 bits per heavy atom. The Morgan fingerprint density at radius 1 is 0.970 bits per heavy atom. The second-order valence-corrected chi connectivity index (χ2v) is 11.1. The molecule has 7 heteroatoms. The Kier molecular flexibility index (Phi) is 4.69. The standard InChI is InChI=1S/C26H16O4S3/c1-3-5-19-12(4-2)13-9-22-16(11-21(13)32-19)23(28)25-26(33-22)24(29)15-10-20-14(8-18(15)30-25)17(27)6-7-31-20/h3-5,8-11H,2,6-7H2,1H3/b5-3-. The molecule has 3 aromatic heterocycles. The molecule has 0 saturated heterocycles. The van der Waals surface area contributed by atoms with Crippen LogP contribution in [0.4, 0.5) is 0 Å². The molecule has 1 aliphatic heterocycles. The van der Waals surface area contributed by atoms with Crippen molar-refractivity contribution in [2.24, 2.45) is 0 Å². The number of allylic oxidation sites excluding steroid dienone is 1. The number of hydrogen-bond donors (Lipinski definition) is 0. The van der Waals surface area contributed by atoms with Gasteiger partial charge in [0.05, 0.1) is 5.39 Å². The van der Waals surface area contributed by atoms with E-state index in [1.807, 2.05) is 37.3 Å². The summed E-state index contributed by atoms with van der Waals surface area (Å²) in [5.41, 5.74) is 1.38. The first kappa shape index (κ1) is 20.6. The predicted octanol–water partition coefficient (Wildman–Crippen LogP) is 7.09. The summed E-state index contributed by atoms with van der Waals surface area (Å²) in [6.45, 7) is 5.92. The summed E-state index contributed by atoms with van der Waals surface area (Å²) in [6.07, 6.45) is 6.29. The van der Waals surface area contributed by atoms with E-state index in [1.54, 1.807) is 35.2 Å². The van der Waals surface area contributed by atoms with Crippen LogP contribution < -0.4 is 10.9 Å². The summed E-state index contributed by atoms with van der Waals surface area (Å²) in [5, 5.41) is 1.94. The molecule has 0 amide bonds. The summed E-state index contributed by atoms with van der Waals surface area (Å²) in [4.78, 5) is 41.1. The lowest BCUT2D eigenvalue weighted by Crippen LogP contribution is -2.12. The van der Waals surface area contributed by atoms with Gasteiger partial charge in [0.25, 0.3) is 0 Å². The van der Waals surface area contributed by atoms with E-state index in [0.29, 0.717) is 33.2 Å². The Morgan fingerprint density at radius 2 is 1.76 bits per heavy atom. The summed E-state index contributed by atoms with van der Waals surface area (Å²) < 4.78 is 8.01. The minimum Gasteiger partial charge on any atom is -0.451 e. The van der Waals surface area contributed by atoms with Crippen LogP contribution in [0.2, 0.25) is 0 Å². The van der Waals surface area contributed by atoms with Crippen LogP contribution in [0.15, 0.2) is 55.8 Å². The van der Waals surface area contributed by atoms with E-state index in [2.05, 4.69) is 6.58 Å². The SMILES string of the molecule is C=Cc1c(/C=C\C)sc2cc3c(=O)c4oc5cc6c(cc5c(=O)c4sc3cc12)SCCC6=O. The third-order valence-electron chi connectivity index (χ3n) is 5.88. The van der Waals surface area contributed by atoms with Crippen molar-refractivity contribution in [3.05, 3.63) is 73.4 Å². The maximum atomic E-state index is 13.4. The van der Waals surface area contributed by atoms with Crippen molar-refractivity contribution in [2.45, 2.75) is 18.2 Å². The number of carbonyl (C=O) groups excluding carboxylic acids is 1. The van der Waals surface area contributed by atoms with E-state index in [-0.39, 0.29) is 27.8 Å². The molecule has 162 valence electrons. The molecule has 0 bridgehead atoms. The van der Waals surface area contributed by atoms with Gasteiger partial charge >= 0.3 is 0 Å². The number of benzene rings is 2. The number of rotatable bonds is 2. The van der Waals surface area contributed by atoms with Crippen molar-refractivity contribution >= 4 is 93.8 Å². The number of hydrogen-bond acceptors (Lipinski definition) is 7. The Hall–Kier alpha value is -3.00. The molecule has 1 aliphatic rings. The zero-order valence-electron chi connectivity index (χ0n) is 17.5. The molecule has 4 nitrogen and oxygen atoms in total. The van der Waals surface area contributed by atoms with Crippen molar-refractivity contribution in [1.29, 1.82) is 0 Å². The maximum Gasteiger partial charge on any atom is 0.231 e. The highest BCUT2D eigenvalue weighted by Crippen LogP contribution is 2.38. The lowest BCUT2D eigenvalue weighted by molar-refractivity contribution is 0.0985. The fraction of sp³-hybridized carbons (Fsp3) is 0.115. The zero-order valence-corrected chi connectivity index (χ0v) is 20.0. The van der Waals surface area contributed by atoms with Gasteiger partial charge in [0.1, 0.15) is 10.3 Å². The summed E-state index contributed by atoms with van der Waals surface area (Å²) >= 11 is 4.44. The summed E-state index contributed by atoms with van der Waals surface area (Å²) in [5.74, 6) is 0.734. The average molecular weight is 489 g/mol. The zero-order chi connectivity index (χ0) is 22.9. The lowest BCUT2D eigenvalue weighted by Gasteiger charge is -2.14. The molecular weight excluding hydrogens is 472 g/mol. The highest BCUT2D eigenvalue weighted by Gasteiger charge is 2.22. The molecule has 2 aromatic carbocycles. The van der Waals surface area contributed by atoms with Gasteiger partial charge in [-0.15, -0.1) is 34.4 Å². The van der Waals surface area contributed by atoms with Crippen LogP contribution in [0.5, 0.6) is 0 Å². The van der Waals surface area contributed by atoms with E-state index in [9.17, 15) is 14.4 Å². The van der Waals surface area contributed by atoms with E-state index in [4.69, 9.17) is 4.42 Å². The lowest BCUT2D eigenvalue weighted by atomic mass is 10.1. The van der Waals surface area contributed by atoms with Gasteiger partial charge in [-0.25, -0.2) is 0 Å². The number of Topliss-reactive ketones (excluding diaryl/α,β-unsaturated/α-hetero) is 1. The number of fused-ring (bicyclic) bond motifs is 5. The van der Waals surface area contributed by atoms with Crippen LogP contribution in [0.3, 0.4) is 0 Å². The van der Waals surface area contributed by atoms with Gasteiger partial charge in [-0.05, 0) is 42.8 Å². The fourth-order valence-electron chi connectivity index (χ4n) is 4.31. The van der Waals surface area contributed by atoms with Gasteiger partial charge in [-0.3, -0.25) is 14.4 Å². The first-order chi connectivity index (χ1) is 16.0. The van der Waals surface area contributed by atoms with E-state index < -0.39 is 0 Å². The molecule has 0 unspecified atom stereocenters. The monoisotopic (exact) mass is 488 g/mol. The largest absolute Gasteiger partial charge is 0.451 e. The topological polar surface area (TPSA) is 64.3 Å². The number of thioether (sulfide) groups is 1. The molecule has 0 saturated carbocycles. The Balaban J connectivity index is 1.73. The second kappa shape index (κ2) is 7.52. The van der Waals surface area contributed by atoms with Crippen LogP contribution >= 0.6 is 34.4 Å². The Bertz CT molecular complexity index is 1830. The van der Waals surface area contributed by atoms with Crippen LogP contribution in [0.25, 0.3) is 53.6 Å². The predicted molar refractivity (Wildman–Crippen MR) is 141 cm³/mol. The minimum atomic E-state index is -0.306. The van der Waals surface area contributed by atoms with Crippen LogP contribution in [-0.2, 0) is 0 Å². The molecule has 0 aliphatic carbocycles. The molecule has 0 atom stereocenters. The van der Waals surface area contributed by atoms with E-state index in [0.717, 1.165) is 30.1 Å². The number of carbonyl (C=O) groups is 1.